The molecule has 0 amide bonds. The Morgan fingerprint density at radius 1 is 1.00 bits per heavy atom. The van der Waals surface area contributed by atoms with Crippen molar-refractivity contribution in [3.8, 4) is 5.75 Å². The molecule has 0 saturated carbocycles. The Labute approximate surface area is 121 Å². The van der Waals surface area contributed by atoms with E-state index in [0.717, 1.165) is 25.3 Å². The highest BCUT2D eigenvalue weighted by Crippen LogP contribution is 2.18. The van der Waals surface area contributed by atoms with Crippen LogP contribution in [-0.2, 0) is 13.2 Å². The minimum absolute atomic E-state index is 0.618. The van der Waals surface area contributed by atoms with Crippen molar-refractivity contribution in [2.24, 2.45) is 0 Å². The van der Waals surface area contributed by atoms with Crippen LogP contribution in [0.5, 0.6) is 5.75 Å². The van der Waals surface area contributed by atoms with Crippen molar-refractivity contribution in [1.29, 1.82) is 0 Å². The van der Waals surface area contributed by atoms with Crippen molar-refractivity contribution < 1.29 is 4.74 Å². The van der Waals surface area contributed by atoms with Gasteiger partial charge in [-0.05, 0) is 42.6 Å². The number of hydrogen-bond donors (Lipinski definition) is 1. The van der Waals surface area contributed by atoms with Gasteiger partial charge in [-0.3, -0.25) is 0 Å². The lowest BCUT2D eigenvalue weighted by Gasteiger charge is -2.10. The molecule has 0 unspecified atom stereocenters. The number of para-hydroxylation sites is 1. The van der Waals surface area contributed by atoms with Crippen LogP contribution in [0.1, 0.15) is 30.0 Å². The molecule has 2 aromatic rings. The SMILES string of the molecule is CCCNCc1cccc(COc2ccccc2C)c1. The number of hydrogen-bond acceptors (Lipinski definition) is 2. The number of rotatable bonds is 7. The summed E-state index contributed by atoms with van der Waals surface area (Å²) in [5.74, 6) is 0.960. The summed E-state index contributed by atoms with van der Waals surface area (Å²) in [5, 5.41) is 3.42. The van der Waals surface area contributed by atoms with Crippen molar-refractivity contribution in [2.75, 3.05) is 6.54 Å². The first-order chi connectivity index (χ1) is 9.79. The van der Waals surface area contributed by atoms with Gasteiger partial charge in [-0.25, -0.2) is 0 Å². The summed E-state index contributed by atoms with van der Waals surface area (Å²) in [7, 11) is 0. The molecule has 0 spiro atoms. The topological polar surface area (TPSA) is 21.3 Å². The lowest BCUT2D eigenvalue weighted by Crippen LogP contribution is -2.13. The highest BCUT2D eigenvalue weighted by Gasteiger charge is 2.00. The second kappa shape index (κ2) is 7.71. The van der Waals surface area contributed by atoms with Gasteiger partial charge in [0.05, 0.1) is 0 Å². The molecule has 0 bridgehead atoms. The summed E-state index contributed by atoms with van der Waals surface area (Å²) in [6.07, 6.45) is 1.16. The van der Waals surface area contributed by atoms with Gasteiger partial charge >= 0.3 is 0 Å². The van der Waals surface area contributed by atoms with E-state index in [4.69, 9.17) is 4.74 Å². The fourth-order valence-corrected chi connectivity index (χ4v) is 2.12. The van der Waals surface area contributed by atoms with E-state index >= 15 is 0 Å². The molecule has 0 atom stereocenters. The molecule has 1 N–H and O–H groups in total. The molecule has 0 aliphatic carbocycles. The van der Waals surface area contributed by atoms with Crippen LogP contribution < -0.4 is 10.1 Å². The van der Waals surface area contributed by atoms with Gasteiger partial charge in [0.25, 0.3) is 0 Å². The zero-order valence-corrected chi connectivity index (χ0v) is 12.4. The van der Waals surface area contributed by atoms with Crippen LogP contribution in [0, 0.1) is 6.92 Å². The second-order valence-electron chi connectivity index (χ2n) is 5.05. The van der Waals surface area contributed by atoms with Crippen molar-refractivity contribution >= 4 is 0 Å². The molecule has 0 saturated heterocycles. The maximum absolute atomic E-state index is 5.88. The number of nitrogens with one attached hydrogen (secondary N) is 1. The Morgan fingerprint density at radius 3 is 2.60 bits per heavy atom. The predicted octanol–water partition coefficient (Wildman–Crippen LogP) is 4.07. The molecule has 0 aromatic heterocycles. The van der Waals surface area contributed by atoms with E-state index in [1.165, 1.54) is 16.7 Å². The Kier molecular flexibility index (Phi) is 5.63. The molecule has 0 fully saturated rings. The predicted molar refractivity (Wildman–Crippen MR) is 84.0 cm³/mol. The Morgan fingerprint density at radius 2 is 1.80 bits per heavy atom. The second-order valence-corrected chi connectivity index (χ2v) is 5.05. The molecule has 2 heteroatoms. The van der Waals surface area contributed by atoms with Gasteiger partial charge in [0.2, 0.25) is 0 Å². The monoisotopic (exact) mass is 269 g/mol. The Balaban J connectivity index is 1.93. The van der Waals surface area contributed by atoms with E-state index in [-0.39, 0.29) is 0 Å². The van der Waals surface area contributed by atoms with E-state index in [9.17, 15) is 0 Å². The highest BCUT2D eigenvalue weighted by molar-refractivity contribution is 5.32. The van der Waals surface area contributed by atoms with E-state index in [2.05, 4.69) is 49.5 Å². The zero-order chi connectivity index (χ0) is 14.2. The van der Waals surface area contributed by atoms with Gasteiger partial charge in [0.15, 0.2) is 0 Å². The van der Waals surface area contributed by atoms with Crippen LogP contribution in [0.25, 0.3) is 0 Å². The zero-order valence-electron chi connectivity index (χ0n) is 12.4. The molecule has 2 rings (SSSR count). The summed E-state index contributed by atoms with van der Waals surface area (Å²) < 4.78 is 5.88. The maximum atomic E-state index is 5.88. The first-order valence-electron chi connectivity index (χ1n) is 7.26. The molecule has 106 valence electrons. The summed E-state index contributed by atoms with van der Waals surface area (Å²) in [5.41, 5.74) is 3.70. The highest BCUT2D eigenvalue weighted by atomic mass is 16.5. The Hall–Kier alpha value is -1.80. The van der Waals surface area contributed by atoms with Crippen LogP contribution in [0.4, 0.5) is 0 Å². The third-order valence-corrected chi connectivity index (χ3v) is 3.24. The van der Waals surface area contributed by atoms with E-state index in [0.29, 0.717) is 6.61 Å². The van der Waals surface area contributed by atoms with Gasteiger partial charge in [-0.2, -0.15) is 0 Å². The Bertz CT molecular complexity index is 536. The first-order valence-corrected chi connectivity index (χ1v) is 7.26. The molecule has 0 radical (unpaired) electrons. The fourth-order valence-electron chi connectivity index (χ4n) is 2.12. The average Bonchev–Trinajstić information content (AvgIpc) is 2.47. The molecular weight excluding hydrogens is 246 g/mol. The minimum atomic E-state index is 0.618. The van der Waals surface area contributed by atoms with Crippen molar-refractivity contribution in [2.45, 2.75) is 33.4 Å². The van der Waals surface area contributed by atoms with Crippen molar-refractivity contribution in [3.05, 3.63) is 65.2 Å². The quantitative estimate of drug-likeness (QED) is 0.765. The van der Waals surface area contributed by atoms with Crippen LogP contribution in [-0.4, -0.2) is 6.54 Å². The normalized spacial score (nSPS) is 10.5. The summed E-state index contributed by atoms with van der Waals surface area (Å²) in [4.78, 5) is 0. The van der Waals surface area contributed by atoms with Crippen LogP contribution in [0.3, 0.4) is 0 Å². The van der Waals surface area contributed by atoms with Gasteiger partial charge in [0.1, 0.15) is 12.4 Å². The van der Waals surface area contributed by atoms with E-state index < -0.39 is 0 Å². The smallest absolute Gasteiger partial charge is 0.122 e. The molecular formula is C18H23NO. The number of ether oxygens (including phenoxy) is 1. The van der Waals surface area contributed by atoms with Gasteiger partial charge in [-0.1, -0.05) is 49.4 Å². The summed E-state index contributed by atoms with van der Waals surface area (Å²) in [6, 6.07) is 16.7. The third-order valence-electron chi connectivity index (χ3n) is 3.24. The van der Waals surface area contributed by atoms with Gasteiger partial charge < -0.3 is 10.1 Å². The lowest BCUT2D eigenvalue weighted by molar-refractivity contribution is 0.304. The summed E-state index contributed by atoms with van der Waals surface area (Å²) in [6.45, 7) is 6.85. The van der Waals surface area contributed by atoms with E-state index in [1.807, 2.05) is 18.2 Å². The van der Waals surface area contributed by atoms with Crippen LogP contribution in [0.15, 0.2) is 48.5 Å². The number of benzene rings is 2. The van der Waals surface area contributed by atoms with Crippen LogP contribution in [0.2, 0.25) is 0 Å². The first kappa shape index (κ1) is 14.6. The minimum Gasteiger partial charge on any atom is -0.489 e. The van der Waals surface area contributed by atoms with Crippen molar-refractivity contribution in [3.63, 3.8) is 0 Å². The molecule has 20 heavy (non-hydrogen) atoms. The van der Waals surface area contributed by atoms with E-state index in [1.54, 1.807) is 0 Å². The van der Waals surface area contributed by atoms with Crippen LogP contribution >= 0.6 is 0 Å². The third kappa shape index (κ3) is 4.39. The lowest BCUT2D eigenvalue weighted by atomic mass is 10.1. The maximum Gasteiger partial charge on any atom is 0.122 e. The fraction of sp³-hybridized carbons (Fsp3) is 0.333. The molecule has 0 aliphatic heterocycles. The summed E-state index contributed by atoms with van der Waals surface area (Å²) >= 11 is 0. The number of aryl methyl sites for hydroxylation is 1. The van der Waals surface area contributed by atoms with Crippen molar-refractivity contribution in [1.82, 2.24) is 5.32 Å². The largest absolute Gasteiger partial charge is 0.489 e. The molecule has 2 nitrogen and oxygen atoms in total. The van der Waals surface area contributed by atoms with Gasteiger partial charge in [0, 0.05) is 6.54 Å². The average molecular weight is 269 g/mol. The van der Waals surface area contributed by atoms with Gasteiger partial charge in [-0.15, -0.1) is 0 Å². The molecule has 0 aliphatic rings. The molecule has 2 aromatic carbocycles. The molecule has 0 heterocycles. The standard InChI is InChI=1S/C18H23NO/c1-3-11-19-13-16-8-6-9-17(12-16)14-20-18-10-5-4-7-15(18)2/h4-10,12,19H,3,11,13-14H2,1-2H3.